The van der Waals surface area contributed by atoms with E-state index in [0.29, 0.717) is 30.6 Å². The molecular formula is C19H23N3O2S. The molecule has 2 unspecified atom stereocenters. The summed E-state index contributed by atoms with van der Waals surface area (Å²) in [6.07, 6.45) is 0.840. The van der Waals surface area contributed by atoms with Crippen LogP contribution in [0.4, 0.5) is 0 Å². The highest BCUT2D eigenvalue weighted by molar-refractivity contribution is 7.84. The minimum atomic E-state index is -0.941. The van der Waals surface area contributed by atoms with Crippen LogP contribution in [0.25, 0.3) is 0 Å². The minimum Gasteiger partial charge on any atom is -0.493 e. The molecule has 2 aromatic rings. The van der Waals surface area contributed by atoms with E-state index in [9.17, 15) is 4.21 Å². The maximum atomic E-state index is 12.1. The van der Waals surface area contributed by atoms with Gasteiger partial charge in [0.25, 0.3) is 0 Å². The lowest BCUT2D eigenvalue weighted by atomic mass is 10.0. The molecule has 0 aliphatic carbocycles. The maximum Gasteiger partial charge on any atom is 0.189 e. The quantitative estimate of drug-likeness (QED) is 0.615. The highest BCUT2D eigenvalue weighted by Crippen LogP contribution is 2.31. The number of hydrogen-bond donors (Lipinski definition) is 2. The summed E-state index contributed by atoms with van der Waals surface area (Å²) in [5.41, 5.74) is 8.17. The first-order valence-electron chi connectivity index (χ1n) is 8.39. The van der Waals surface area contributed by atoms with Crippen LogP contribution in [0.15, 0.2) is 59.6 Å². The van der Waals surface area contributed by atoms with Crippen molar-refractivity contribution in [2.24, 2.45) is 10.7 Å². The lowest BCUT2D eigenvalue weighted by Crippen LogP contribution is -2.37. The molecule has 5 nitrogen and oxygen atoms in total. The number of nitrogens with zero attached hydrogens (tertiary/aromatic N) is 1. The minimum absolute atomic E-state index is 0.100. The zero-order chi connectivity index (χ0) is 17.5. The first kappa shape index (κ1) is 17.5. The summed E-state index contributed by atoms with van der Waals surface area (Å²) < 4.78 is 17.8. The predicted molar refractivity (Wildman–Crippen MR) is 102 cm³/mol. The van der Waals surface area contributed by atoms with Gasteiger partial charge in [-0.2, -0.15) is 0 Å². The van der Waals surface area contributed by atoms with Gasteiger partial charge in [-0.1, -0.05) is 48.5 Å². The highest BCUT2D eigenvalue weighted by Gasteiger charge is 2.21. The van der Waals surface area contributed by atoms with Crippen molar-refractivity contribution in [1.29, 1.82) is 0 Å². The molecule has 1 aliphatic rings. The molecule has 0 spiro atoms. The van der Waals surface area contributed by atoms with Crippen molar-refractivity contribution in [1.82, 2.24) is 5.32 Å². The number of guanidine groups is 1. The van der Waals surface area contributed by atoms with Gasteiger partial charge in [-0.25, -0.2) is 0 Å². The van der Waals surface area contributed by atoms with E-state index in [4.69, 9.17) is 10.5 Å². The zero-order valence-corrected chi connectivity index (χ0v) is 14.9. The first-order chi connectivity index (χ1) is 12.2. The van der Waals surface area contributed by atoms with Gasteiger partial charge in [-0.05, 0) is 11.6 Å². The van der Waals surface area contributed by atoms with E-state index >= 15 is 0 Å². The molecule has 25 heavy (non-hydrogen) atoms. The Morgan fingerprint density at radius 2 is 1.96 bits per heavy atom. The number of benzene rings is 2. The number of fused-ring (bicyclic) bond motifs is 1. The molecule has 0 radical (unpaired) electrons. The molecule has 0 saturated carbocycles. The molecule has 0 amide bonds. The van der Waals surface area contributed by atoms with Crippen LogP contribution in [0, 0.1) is 0 Å². The van der Waals surface area contributed by atoms with E-state index in [0.717, 1.165) is 23.3 Å². The average molecular weight is 357 g/mol. The van der Waals surface area contributed by atoms with E-state index < -0.39 is 10.8 Å². The number of para-hydroxylation sites is 1. The largest absolute Gasteiger partial charge is 0.493 e. The van der Waals surface area contributed by atoms with Crippen molar-refractivity contribution in [2.45, 2.75) is 18.2 Å². The van der Waals surface area contributed by atoms with Crippen LogP contribution in [-0.2, 0) is 16.6 Å². The van der Waals surface area contributed by atoms with Crippen molar-refractivity contribution in [3.63, 3.8) is 0 Å². The molecule has 2 atom stereocenters. The molecule has 3 rings (SSSR count). The van der Waals surface area contributed by atoms with E-state index in [1.807, 2.05) is 54.6 Å². The number of rotatable bonds is 6. The van der Waals surface area contributed by atoms with E-state index in [1.165, 1.54) is 0 Å². The van der Waals surface area contributed by atoms with Gasteiger partial charge >= 0.3 is 0 Å². The lowest BCUT2D eigenvalue weighted by Gasteiger charge is -2.26. The smallest absolute Gasteiger partial charge is 0.189 e. The molecule has 6 heteroatoms. The van der Waals surface area contributed by atoms with Crippen LogP contribution >= 0.6 is 0 Å². The van der Waals surface area contributed by atoms with Crippen molar-refractivity contribution < 1.29 is 8.95 Å². The van der Waals surface area contributed by atoms with Gasteiger partial charge in [0.15, 0.2) is 5.96 Å². The molecule has 1 aliphatic heterocycles. The Balaban J connectivity index is 1.49. The van der Waals surface area contributed by atoms with Crippen molar-refractivity contribution in [3.8, 4) is 5.75 Å². The van der Waals surface area contributed by atoms with Gasteiger partial charge in [0.05, 0.1) is 19.2 Å². The molecule has 0 saturated heterocycles. The second-order valence-corrected chi connectivity index (χ2v) is 7.49. The molecule has 3 N–H and O–H groups in total. The number of nitrogens with one attached hydrogen (secondary N) is 1. The average Bonchev–Trinajstić information content (AvgIpc) is 2.63. The van der Waals surface area contributed by atoms with Crippen LogP contribution < -0.4 is 15.8 Å². The standard InChI is InChI=1S/C19H23N3O2S/c20-19(21-11-13-25(23)14-15-6-2-1-3-7-15)22-17-10-12-24-18-9-5-4-8-16(17)18/h1-9,17H,10-14H2,(H3,20,21,22). The molecule has 1 heterocycles. The van der Waals surface area contributed by atoms with Crippen LogP contribution in [0.1, 0.15) is 23.6 Å². The molecular weight excluding hydrogens is 334 g/mol. The number of aliphatic imine (C=N–C) groups is 1. The third kappa shape index (κ3) is 5.06. The van der Waals surface area contributed by atoms with Crippen LogP contribution in [0.3, 0.4) is 0 Å². The third-order valence-corrected chi connectivity index (χ3v) is 5.35. The number of nitrogens with two attached hydrogens (primary N) is 1. The Kier molecular flexibility index (Phi) is 6.06. The SMILES string of the molecule is NC(=NCCS(=O)Cc1ccccc1)NC1CCOc2ccccc21. The number of ether oxygens (including phenoxy) is 1. The summed E-state index contributed by atoms with van der Waals surface area (Å²) in [7, 11) is -0.941. The topological polar surface area (TPSA) is 76.7 Å². The molecule has 2 aromatic carbocycles. The fraction of sp³-hybridized carbons (Fsp3) is 0.316. The van der Waals surface area contributed by atoms with Crippen LogP contribution in [-0.4, -0.2) is 29.1 Å². The molecule has 0 fully saturated rings. The second kappa shape index (κ2) is 8.67. The van der Waals surface area contributed by atoms with Gasteiger partial charge in [-0.15, -0.1) is 0 Å². The fourth-order valence-corrected chi connectivity index (χ4v) is 3.82. The Morgan fingerprint density at radius 1 is 1.20 bits per heavy atom. The van der Waals surface area contributed by atoms with Gasteiger partial charge < -0.3 is 15.8 Å². The van der Waals surface area contributed by atoms with E-state index in [1.54, 1.807) is 0 Å². The van der Waals surface area contributed by atoms with Gasteiger partial charge in [0.1, 0.15) is 5.75 Å². The van der Waals surface area contributed by atoms with E-state index in [-0.39, 0.29) is 6.04 Å². The molecule has 0 bridgehead atoms. The first-order valence-corrected chi connectivity index (χ1v) is 9.88. The maximum absolute atomic E-state index is 12.1. The number of hydrogen-bond acceptors (Lipinski definition) is 3. The van der Waals surface area contributed by atoms with Crippen molar-refractivity contribution in [2.75, 3.05) is 18.9 Å². The highest BCUT2D eigenvalue weighted by atomic mass is 32.2. The fourth-order valence-electron chi connectivity index (χ4n) is 2.82. The summed E-state index contributed by atoms with van der Waals surface area (Å²) in [5, 5.41) is 3.25. The monoisotopic (exact) mass is 357 g/mol. The third-order valence-electron chi connectivity index (χ3n) is 4.05. The summed E-state index contributed by atoms with van der Waals surface area (Å²) in [5.74, 6) is 2.33. The molecule has 132 valence electrons. The summed E-state index contributed by atoms with van der Waals surface area (Å²) >= 11 is 0. The van der Waals surface area contributed by atoms with Crippen molar-refractivity contribution >= 4 is 16.8 Å². The Bertz CT molecular complexity index is 749. The second-order valence-electron chi connectivity index (χ2n) is 5.91. The molecule has 0 aromatic heterocycles. The Labute approximate surface area is 150 Å². The van der Waals surface area contributed by atoms with Crippen LogP contribution in [0.2, 0.25) is 0 Å². The van der Waals surface area contributed by atoms with Crippen LogP contribution in [0.5, 0.6) is 5.75 Å². The lowest BCUT2D eigenvalue weighted by molar-refractivity contribution is 0.262. The summed E-state index contributed by atoms with van der Waals surface area (Å²) in [4.78, 5) is 4.32. The van der Waals surface area contributed by atoms with E-state index in [2.05, 4.69) is 10.3 Å². The Hall–Kier alpha value is -2.34. The van der Waals surface area contributed by atoms with Gasteiger partial charge in [0.2, 0.25) is 0 Å². The predicted octanol–water partition coefficient (Wildman–Crippen LogP) is 2.36. The zero-order valence-electron chi connectivity index (χ0n) is 14.1. The summed E-state index contributed by atoms with van der Waals surface area (Å²) in [6, 6.07) is 17.9. The van der Waals surface area contributed by atoms with Crippen molar-refractivity contribution in [3.05, 3.63) is 65.7 Å². The van der Waals surface area contributed by atoms with Gasteiger partial charge in [0, 0.05) is 34.3 Å². The Morgan fingerprint density at radius 3 is 2.80 bits per heavy atom. The normalized spacial score (nSPS) is 18.1. The van der Waals surface area contributed by atoms with Gasteiger partial charge in [-0.3, -0.25) is 9.20 Å². The summed E-state index contributed by atoms with van der Waals surface area (Å²) in [6.45, 7) is 1.10.